The number of anilines is 2. The summed E-state index contributed by atoms with van der Waals surface area (Å²) in [5.41, 5.74) is 2.23. The molecule has 3 aromatic rings. The number of amides is 2. The number of aryl methyl sites for hydroxylation is 1. The second-order valence-corrected chi connectivity index (χ2v) is 13.5. The molecule has 216 valence electrons. The average molecular weight is 589 g/mol. The molecular weight excluding hydrogens is 552 g/mol. The van der Waals surface area contributed by atoms with E-state index in [1.54, 1.807) is 72.9 Å². The van der Waals surface area contributed by atoms with Crippen LogP contribution < -0.4 is 15.4 Å². The quantitative estimate of drug-likeness (QED) is 0.264. The molecule has 0 aliphatic rings. The molecular formula is C28H36N4O6S2. The molecule has 0 saturated heterocycles. The SMILES string of the molecule is Cc1cc(-c2ncc(-c3ccc(NC(=O)OC(C)C)cc3S(=O)(=O)NC(C)(C)C)s2)ccc1NC(=O)OC(C)C. The molecule has 3 rings (SSSR count). The molecule has 0 unspecified atom stereocenters. The van der Waals surface area contributed by atoms with Crippen molar-refractivity contribution in [1.82, 2.24) is 9.71 Å². The summed E-state index contributed by atoms with van der Waals surface area (Å²) >= 11 is 1.32. The number of thiazole rings is 1. The molecule has 2 aromatic carbocycles. The van der Waals surface area contributed by atoms with Gasteiger partial charge in [0.05, 0.1) is 22.0 Å². The largest absolute Gasteiger partial charge is 0.447 e. The monoisotopic (exact) mass is 588 g/mol. The van der Waals surface area contributed by atoms with E-state index in [1.807, 2.05) is 19.1 Å². The van der Waals surface area contributed by atoms with Crippen LogP contribution in [0.3, 0.4) is 0 Å². The highest BCUT2D eigenvalue weighted by Crippen LogP contribution is 2.37. The van der Waals surface area contributed by atoms with E-state index in [2.05, 4.69) is 20.3 Å². The molecule has 12 heteroatoms. The van der Waals surface area contributed by atoms with Crippen molar-refractivity contribution >= 4 is 44.9 Å². The Hall–Kier alpha value is -3.48. The van der Waals surface area contributed by atoms with Gasteiger partial charge in [-0.05, 0) is 91.3 Å². The van der Waals surface area contributed by atoms with Crippen LogP contribution in [0.25, 0.3) is 21.0 Å². The van der Waals surface area contributed by atoms with E-state index in [0.717, 1.165) is 11.1 Å². The zero-order valence-electron chi connectivity index (χ0n) is 23.9. The van der Waals surface area contributed by atoms with E-state index in [1.165, 1.54) is 17.4 Å². The van der Waals surface area contributed by atoms with Crippen molar-refractivity contribution in [1.29, 1.82) is 0 Å². The Kier molecular flexibility index (Phi) is 9.60. The van der Waals surface area contributed by atoms with Crippen molar-refractivity contribution in [2.24, 2.45) is 0 Å². The van der Waals surface area contributed by atoms with Gasteiger partial charge in [-0.2, -0.15) is 0 Å². The molecule has 0 fully saturated rings. The fraction of sp³-hybridized carbons (Fsp3) is 0.393. The van der Waals surface area contributed by atoms with Gasteiger partial charge >= 0.3 is 12.2 Å². The van der Waals surface area contributed by atoms with Crippen LogP contribution in [0.15, 0.2) is 47.5 Å². The summed E-state index contributed by atoms with van der Waals surface area (Å²) in [6.45, 7) is 14.1. The summed E-state index contributed by atoms with van der Waals surface area (Å²) in [6, 6.07) is 10.1. The topological polar surface area (TPSA) is 136 Å². The van der Waals surface area contributed by atoms with Crippen molar-refractivity contribution in [2.45, 2.75) is 78.0 Å². The lowest BCUT2D eigenvalue weighted by molar-refractivity contribution is 0.129. The number of nitrogens with zero attached hydrogens (tertiary/aromatic N) is 1. The van der Waals surface area contributed by atoms with Crippen molar-refractivity contribution < 1.29 is 27.5 Å². The maximum Gasteiger partial charge on any atom is 0.411 e. The first-order chi connectivity index (χ1) is 18.5. The molecule has 1 aromatic heterocycles. The molecule has 0 aliphatic heterocycles. The van der Waals surface area contributed by atoms with Crippen molar-refractivity contribution in [3.8, 4) is 21.0 Å². The highest BCUT2D eigenvalue weighted by molar-refractivity contribution is 7.89. The van der Waals surface area contributed by atoms with E-state index in [4.69, 9.17) is 9.47 Å². The first-order valence-electron chi connectivity index (χ1n) is 12.7. The number of nitrogens with one attached hydrogen (secondary N) is 3. The third-order valence-corrected chi connectivity index (χ3v) is 8.00. The van der Waals surface area contributed by atoms with E-state index in [0.29, 0.717) is 21.1 Å². The first-order valence-corrected chi connectivity index (χ1v) is 15.0. The molecule has 2 amide bonds. The molecule has 0 spiro atoms. The Morgan fingerprint density at radius 1 is 0.925 bits per heavy atom. The Morgan fingerprint density at radius 2 is 1.55 bits per heavy atom. The maximum atomic E-state index is 13.5. The number of aromatic nitrogens is 1. The summed E-state index contributed by atoms with van der Waals surface area (Å²) < 4.78 is 39.9. The standard InChI is InChI=1S/C28H36N4O6S2/c1-16(2)37-26(33)30-20-10-11-21(24(14-20)40(35,36)32-28(6,7)8)23-15-29-25(39-23)19-9-12-22(18(5)13-19)31-27(34)38-17(3)4/h9-17,32H,1-8H3,(H,30,33)(H,31,34). The summed E-state index contributed by atoms with van der Waals surface area (Å²) in [5.74, 6) is 0. The van der Waals surface area contributed by atoms with Gasteiger partial charge in [0.2, 0.25) is 10.0 Å². The second kappa shape index (κ2) is 12.4. The third-order valence-electron chi connectivity index (χ3n) is 5.12. The fourth-order valence-corrected chi connectivity index (χ4v) is 6.35. The molecule has 0 atom stereocenters. The molecule has 40 heavy (non-hydrogen) atoms. The minimum absolute atomic E-state index is 0.000588. The van der Waals surface area contributed by atoms with Crippen molar-refractivity contribution in [2.75, 3.05) is 10.6 Å². The van der Waals surface area contributed by atoms with Gasteiger partial charge < -0.3 is 9.47 Å². The predicted octanol–water partition coefficient (Wildman–Crippen LogP) is 6.78. The lowest BCUT2D eigenvalue weighted by Crippen LogP contribution is -2.40. The van der Waals surface area contributed by atoms with Gasteiger partial charge in [0.15, 0.2) is 0 Å². The normalized spacial score (nSPS) is 11.9. The molecule has 0 saturated carbocycles. The summed E-state index contributed by atoms with van der Waals surface area (Å²) in [6.07, 6.45) is -0.161. The van der Waals surface area contributed by atoms with Gasteiger partial charge in [-0.1, -0.05) is 6.07 Å². The minimum Gasteiger partial charge on any atom is -0.447 e. The summed E-state index contributed by atoms with van der Waals surface area (Å²) in [7, 11) is -3.98. The highest BCUT2D eigenvalue weighted by atomic mass is 32.2. The van der Waals surface area contributed by atoms with Crippen LogP contribution in [-0.4, -0.2) is 43.3 Å². The van der Waals surface area contributed by atoms with Crippen LogP contribution in [-0.2, 0) is 19.5 Å². The Bertz CT molecular complexity index is 1490. The zero-order chi connectivity index (χ0) is 29.8. The van der Waals surface area contributed by atoms with Crippen LogP contribution >= 0.6 is 11.3 Å². The van der Waals surface area contributed by atoms with E-state index >= 15 is 0 Å². The average Bonchev–Trinajstić information content (AvgIpc) is 3.28. The van der Waals surface area contributed by atoms with Crippen LogP contribution in [0.1, 0.15) is 54.0 Å². The Balaban J connectivity index is 1.97. The summed E-state index contributed by atoms with van der Waals surface area (Å²) in [5, 5.41) is 5.99. The van der Waals surface area contributed by atoms with Crippen LogP contribution in [0.5, 0.6) is 0 Å². The number of hydrogen-bond acceptors (Lipinski definition) is 8. The van der Waals surface area contributed by atoms with Gasteiger partial charge in [0.1, 0.15) is 5.01 Å². The van der Waals surface area contributed by atoms with Crippen molar-refractivity contribution in [3.63, 3.8) is 0 Å². The fourth-order valence-electron chi connectivity index (χ4n) is 3.67. The number of sulfonamides is 1. The zero-order valence-corrected chi connectivity index (χ0v) is 25.5. The van der Waals surface area contributed by atoms with Gasteiger partial charge in [-0.25, -0.2) is 27.7 Å². The van der Waals surface area contributed by atoms with Gasteiger partial charge in [0, 0.05) is 34.2 Å². The van der Waals surface area contributed by atoms with Crippen LogP contribution in [0, 0.1) is 6.92 Å². The number of carbonyl (C=O) groups is 2. The maximum absolute atomic E-state index is 13.5. The number of carbonyl (C=O) groups excluding carboxylic acids is 2. The van der Waals surface area contributed by atoms with E-state index in [-0.39, 0.29) is 22.8 Å². The predicted molar refractivity (Wildman–Crippen MR) is 158 cm³/mol. The van der Waals surface area contributed by atoms with Crippen LogP contribution in [0.2, 0.25) is 0 Å². The lowest BCUT2D eigenvalue weighted by atomic mass is 10.1. The number of ether oxygens (including phenoxy) is 2. The van der Waals surface area contributed by atoms with Gasteiger partial charge in [-0.15, -0.1) is 11.3 Å². The van der Waals surface area contributed by atoms with Crippen molar-refractivity contribution in [3.05, 3.63) is 48.2 Å². The Labute approximate surface area is 239 Å². The number of rotatable bonds is 8. The molecule has 10 nitrogen and oxygen atoms in total. The minimum atomic E-state index is -3.98. The number of hydrogen-bond donors (Lipinski definition) is 3. The molecule has 1 heterocycles. The van der Waals surface area contributed by atoms with E-state index in [9.17, 15) is 18.0 Å². The van der Waals surface area contributed by atoms with Gasteiger partial charge in [-0.3, -0.25) is 10.6 Å². The second-order valence-electron chi connectivity index (χ2n) is 10.8. The van der Waals surface area contributed by atoms with E-state index < -0.39 is 27.7 Å². The summed E-state index contributed by atoms with van der Waals surface area (Å²) in [4.78, 5) is 29.3. The smallest absolute Gasteiger partial charge is 0.411 e. The highest BCUT2D eigenvalue weighted by Gasteiger charge is 2.27. The molecule has 0 radical (unpaired) electrons. The van der Waals surface area contributed by atoms with Gasteiger partial charge in [0.25, 0.3) is 0 Å². The number of benzene rings is 2. The Morgan fingerprint density at radius 3 is 2.12 bits per heavy atom. The lowest BCUT2D eigenvalue weighted by Gasteiger charge is -2.22. The van der Waals surface area contributed by atoms with Crippen LogP contribution in [0.4, 0.5) is 21.0 Å². The third kappa shape index (κ3) is 8.51. The molecule has 0 aliphatic carbocycles. The molecule has 3 N–H and O–H groups in total. The molecule has 0 bridgehead atoms. The first kappa shape index (κ1) is 31.1.